The Balaban J connectivity index is 2.46. The van der Waals surface area contributed by atoms with Gasteiger partial charge in [0.15, 0.2) is 0 Å². The van der Waals surface area contributed by atoms with E-state index in [-0.39, 0.29) is 11.4 Å². The van der Waals surface area contributed by atoms with Crippen LogP contribution in [0.25, 0.3) is 0 Å². The Morgan fingerprint density at radius 1 is 0.773 bits per heavy atom. The molecular weight excluding hydrogens is 312 g/mol. The summed E-state index contributed by atoms with van der Waals surface area (Å²) in [5.41, 5.74) is 2.13. The van der Waals surface area contributed by atoms with E-state index in [0.29, 0.717) is 12.1 Å². The summed E-state index contributed by atoms with van der Waals surface area (Å²) in [4.78, 5) is 0. The smallest absolute Gasteiger partial charge is 0.417 e. The van der Waals surface area contributed by atoms with Crippen LogP contribution < -0.4 is 10.5 Å². The second-order valence-corrected chi connectivity index (χ2v) is 4.34. The number of ether oxygens (including phenoxy) is 1. The summed E-state index contributed by atoms with van der Waals surface area (Å²) in [5, 5.41) is 0. The lowest BCUT2D eigenvalue weighted by Crippen LogP contribution is -2.16. The van der Waals surface area contributed by atoms with Gasteiger partial charge < -0.3 is 10.5 Å². The maximum atomic E-state index is 12.8. The van der Waals surface area contributed by atoms with E-state index < -0.39 is 29.2 Å². The van der Waals surface area contributed by atoms with Crippen molar-refractivity contribution in [1.82, 2.24) is 0 Å². The molecule has 0 atom stereocenters. The van der Waals surface area contributed by atoms with Crippen molar-refractivity contribution < 1.29 is 31.1 Å². The Morgan fingerprint density at radius 3 is 1.91 bits per heavy atom. The zero-order chi connectivity index (χ0) is 16.5. The molecule has 0 saturated carbocycles. The molecule has 0 amide bonds. The van der Waals surface area contributed by atoms with Crippen molar-refractivity contribution in [3.05, 3.63) is 53.6 Å². The molecule has 0 spiro atoms. The van der Waals surface area contributed by atoms with Crippen LogP contribution in [0.1, 0.15) is 11.1 Å². The standard InChI is InChI=1S/C14H9F6NO/c15-13(16,17)9-6-5-8(7-10(9)14(18,19)20)22-12-4-2-1-3-11(12)21/h1-7H,21H2. The topological polar surface area (TPSA) is 35.2 Å². The second-order valence-electron chi connectivity index (χ2n) is 4.34. The highest BCUT2D eigenvalue weighted by atomic mass is 19.4. The largest absolute Gasteiger partial charge is 0.455 e. The Bertz CT molecular complexity index is 678. The van der Waals surface area contributed by atoms with Crippen molar-refractivity contribution in [3.8, 4) is 11.5 Å². The van der Waals surface area contributed by atoms with Crippen LogP contribution in [0, 0.1) is 0 Å². The van der Waals surface area contributed by atoms with E-state index in [0.717, 1.165) is 6.07 Å². The first-order chi connectivity index (χ1) is 10.1. The molecule has 0 unspecified atom stereocenters. The minimum atomic E-state index is -5.16. The third-order valence-corrected chi connectivity index (χ3v) is 2.75. The molecule has 8 heteroatoms. The molecule has 2 N–H and O–H groups in total. The van der Waals surface area contributed by atoms with Gasteiger partial charge in [0.2, 0.25) is 0 Å². The van der Waals surface area contributed by atoms with Gasteiger partial charge in [-0.3, -0.25) is 0 Å². The Kier molecular flexibility index (Phi) is 3.95. The van der Waals surface area contributed by atoms with Crippen LogP contribution in [0.2, 0.25) is 0 Å². The van der Waals surface area contributed by atoms with Crippen LogP contribution in [0.3, 0.4) is 0 Å². The van der Waals surface area contributed by atoms with Crippen molar-refractivity contribution in [2.24, 2.45) is 0 Å². The molecular formula is C14H9F6NO. The molecule has 2 aromatic carbocycles. The molecule has 0 aliphatic carbocycles. The second kappa shape index (κ2) is 5.43. The Hall–Kier alpha value is -2.38. The molecule has 118 valence electrons. The molecule has 2 rings (SSSR count). The van der Waals surface area contributed by atoms with E-state index in [1.807, 2.05) is 0 Å². The summed E-state index contributed by atoms with van der Waals surface area (Å²) >= 11 is 0. The molecule has 2 nitrogen and oxygen atoms in total. The first kappa shape index (κ1) is 16.0. The van der Waals surface area contributed by atoms with Crippen LogP contribution in [0.4, 0.5) is 32.0 Å². The lowest BCUT2D eigenvalue weighted by atomic mass is 10.1. The molecule has 0 fully saturated rings. The quantitative estimate of drug-likeness (QED) is 0.617. The van der Waals surface area contributed by atoms with Crippen LogP contribution in [0.15, 0.2) is 42.5 Å². The summed E-state index contributed by atoms with van der Waals surface area (Å²) < 4.78 is 81.4. The number of nitrogens with two attached hydrogens (primary N) is 1. The maximum Gasteiger partial charge on any atom is 0.417 e. The monoisotopic (exact) mass is 321 g/mol. The van der Waals surface area contributed by atoms with Crippen molar-refractivity contribution >= 4 is 5.69 Å². The number of nitrogen functional groups attached to an aromatic ring is 1. The van der Waals surface area contributed by atoms with Gasteiger partial charge in [0.25, 0.3) is 0 Å². The Labute approximate surface area is 121 Å². The summed E-state index contributed by atoms with van der Waals surface area (Å²) in [6.45, 7) is 0. The number of halogens is 6. The van der Waals surface area contributed by atoms with Gasteiger partial charge >= 0.3 is 12.4 Å². The number of anilines is 1. The van der Waals surface area contributed by atoms with E-state index in [9.17, 15) is 26.3 Å². The number of hydrogen-bond donors (Lipinski definition) is 1. The van der Waals surface area contributed by atoms with Crippen molar-refractivity contribution in [3.63, 3.8) is 0 Å². The number of hydrogen-bond acceptors (Lipinski definition) is 2. The number of alkyl halides is 6. The van der Waals surface area contributed by atoms with Crippen molar-refractivity contribution in [2.45, 2.75) is 12.4 Å². The van der Waals surface area contributed by atoms with Gasteiger partial charge in [0.1, 0.15) is 11.5 Å². The van der Waals surface area contributed by atoms with Crippen LogP contribution in [0.5, 0.6) is 11.5 Å². The van der Waals surface area contributed by atoms with Crippen LogP contribution in [-0.2, 0) is 12.4 Å². The molecule has 0 aromatic heterocycles. The highest BCUT2D eigenvalue weighted by Crippen LogP contribution is 2.42. The zero-order valence-corrected chi connectivity index (χ0v) is 10.8. The fourth-order valence-electron chi connectivity index (χ4n) is 1.77. The minimum absolute atomic E-state index is 0.0513. The molecule has 0 saturated heterocycles. The van der Waals surface area contributed by atoms with E-state index >= 15 is 0 Å². The molecule has 0 bridgehead atoms. The maximum absolute atomic E-state index is 12.8. The van der Waals surface area contributed by atoms with E-state index in [1.165, 1.54) is 18.2 Å². The SMILES string of the molecule is Nc1ccccc1Oc1ccc(C(F)(F)F)c(C(F)(F)F)c1. The third-order valence-electron chi connectivity index (χ3n) is 2.75. The van der Waals surface area contributed by atoms with Crippen LogP contribution in [-0.4, -0.2) is 0 Å². The van der Waals surface area contributed by atoms with E-state index in [2.05, 4.69) is 0 Å². The van der Waals surface area contributed by atoms with Gasteiger partial charge in [-0.1, -0.05) is 12.1 Å². The van der Waals surface area contributed by atoms with Gasteiger partial charge in [-0.2, -0.15) is 26.3 Å². The van der Waals surface area contributed by atoms with Crippen molar-refractivity contribution in [2.75, 3.05) is 5.73 Å². The first-order valence-electron chi connectivity index (χ1n) is 5.90. The van der Waals surface area contributed by atoms with Gasteiger partial charge in [-0.25, -0.2) is 0 Å². The molecule has 22 heavy (non-hydrogen) atoms. The zero-order valence-electron chi connectivity index (χ0n) is 10.8. The van der Waals surface area contributed by atoms with Gasteiger partial charge in [-0.15, -0.1) is 0 Å². The van der Waals surface area contributed by atoms with E-state index in [1.54, 1.807) is 6.07 Å². The number of para-hydroxylation sites is 2. The van der Waals surface area contributed by atoms with Gasteiger partial charge in [-0.05, 0) is 30.3 Å². The summed E-state index contributed by atoms with van der Waals surface area (Å²) in [6, 6.07) is 7.39. The molecule has 2 aromatic rings. The highest BCUT2D eigenvalue weighted by Gasteiger charge is 2.43. The molecule has 0 heterocycles. The fraction of sp³-hybridized carbons (Fsp3) is 0.143. The molecule has 0 aliphatic rings. The van der Waals surface area contributed by atoms with Crippen LogP contribution >= 0.6 is 0 Å². The van der Waals surface area contributed by atoms with Gasteiger partial charge in [0, 0.05) is 0 Å². The predicted octanol–water partition coefficient (Wildman–Crippen LogP) is 5.10. The highest BCUT2D eigenvalue weighted by molar-refractivity contribution is 5.54. The lowest BCUT2D eigenvalue weighted by molar-refractivity contribution is -0.162. The lowest BCUT2D eigenvalue weighted by Gasteiger charge is -2.17. The van der Waals surface area contributed by atoms with Gasteiger partial charge in [0.05, 0.1) is 16.8 Å². The fourth-order valence-corrected chi connectivity index (χ4v) is 1.77. The normalized spacial score (nSPS) is 12.3. The minimum Gasteiger partial charge on any atom is -0.455 e. The summed E-state index contributed by atoms with van der Waals surface area (Å²) in [5.74, 6) is -0.339. The molecule has 0 radical (unpaired) electrons. The Morgan fingerprint density at radius 2 is 1.36 bits per heavy atom. The third kappa shape index (κ3) is 3.44. The predicted molar refractivity (Wildman–Crippen MR) is 67.4 cm³/mol. The average Bonchev–Trinajstić information content (AvgIpc) is 2.39. The summed E-state index contributed by atoms with van der Waals surface area (Å²) in [6.07, 6.45) is -10.3. The first-order valence-corrected chi connectivity index (χ1v) is 5.90. The summed E-state index contributed by atoms with van der Waals surface area (Å²) in [7, 11) is 0. The molecule has 0 aliphatic heterocycles. The average molecular weight is 321 g/mol. The van der Waals surface area contributed by atoms with Crippen molar-refractivity contribution in [1.29, 1.82) is 0 Å². The number of benzene rings is 2. The van der Waals surface area contributed by atoms with E-state index in [4.69, 9.17) is 10.5 Å². The number of rotatable bonds is 2.